The number of rotatable bonds is 8. The SMILES string of the molecule is COc1cc(NC(=O)CSc2nc3ccccc3c(=O)n2Cc2cccc(Cl)c2)cc(OC)c1. The van der Waals surface area contributed by atoms with Crippen molar-refractivity contribution < 1.29 is 14.3 Å². The van der Waals surface area contributed by atoms with Gasteiger partial charge in [-0.25, -0.2) is 4.98 Å². The largest absolute Gasteiger partial charge is 0.497 e. The molecule has 0 saturated heterocycles. The number of halogens is 1. The summed E-state index contributed by atoms with van der Waals surface area (Å²) in [5.74, 6) is 0.930. The van der Waals surface area contributed by atoms with Crippen LogP contribution in [0.4, 0.5) is 5.69 Å². The van der Waals surface area contributed by atoms with E-state index < -0.39 is 0 Å². The van der Waals surface area contributed by atoms with Crippen LogP contribution in [0.15, 0.2) is 76.7 Å². The van der Waals surface area contributed by atoms with Crippen molar-refractivity contribution in [1.82, 2.24) is 9.55 Å². The van der Waals surface area contributed by atoms with Crippen molar-refractivity contribution in [2.75, 3.05) is 25.3 Å². The molecule has 0 unspecified atom stereocenters. The zero-order valence-electron chi connectivity index (χ0n) is 18.6. The van der Waals surface area contributed by atoms with Gasteiger partial charge in [-0.2, -0.15) is 0 Å². The Bertz CT molecular complexity index is 1380. The Balaban J connectivity index is 1.59. The molecule has 1 amide bonds. The maximum atomic E-state index is 13.3. The molecular formula is C25H22ClN3O4S. The van der Waals surface area contributed by atoms with E-state index in [2.05, 4.69) is 10.3 Å². The van der Waals surface area contributed by atoms with Gasteiger partial charge in [-0.3, -0.25) is 14.2 Å². The molecule has 1 aromatic heterocycles. The predicted molar refractivity (Wildman–Crippen MR) is 135 cm³/mol. The lowest BCUT2D eigenvalue weighted by atomic mass is 10.2. The standard InChI is InChI=1S/C25H22ClN3O4S/c1-32-19-11-18(12-20(13-19)33-2)27-23(30)15-34-25-28-22-9-4-3-8-21(22)24(31)29(25)14-16-6-5-7-17(26)10-16/h3-13H,14-15H2,1-2H3,(H,27,30). The second-order valence-corrected chi connectivity index (χ2v) is 8.75. The summed E-state index contributed by atoms with van der Waals surface area (Å²) in [4.78, 5) is 30.6. The summed E-state index contributed by atoms with van der Waals surface area (Å²) in [5, 5.41) is 4.38. The minimum atomic E-state index is -0.253. The van der Waals surface area contributed by atoms with Crippen LogP contribution in [-0.4, -0.2) is 35.4 Å². The maximum absolute atomic E-state index is 13.3. The van der Waals surface area contributed by atoms with Crippen molar-refractivity contribution >= 4 is 45.9 Å². The Labute approximate surface area is 205 Å². The summed E-state index contributed by atoms with van der Waals surface area (Å²) < 4.78 is 12.1. The van der Waals surface area contributed by atoms with Crippen molar-refractivity contribution in [3.05, 3.63) is 87.7 Å². The number of para-hydroxylation sites is 1. The number of anilines is 1. The van der Waals surface area contributed by atoms with Gasteiger partial charge >= 0.3 is 0 Å². The minimum Gasteiger partial charge on any atom is -0.497 e. The third-order valence-corrected chi connectivity index (χ3v) is 6.24. The predicted octanol–water partition coefficient (Wildman–Crippen LogP) is 4.85. The summed E-state index contributed by atoms with van der Waals surface area (Å²) >= 11 is 7.32. The number of carbonyl (C=O) groups excluding carboxylic acids is 1. The first-order valence-electron chi connectivity index (χ1n) is 10.4. The number of hydrogen-bond donors (Lipinski definition) is 1. The highest BCUT2D eigenvalue weighted by Gasteiger charge is 2.14. The third-order valence-electron chi connectivity index (χ3n) is 5.02. The molecule has 1 heterocycles. The molecule has 0 saturated carbocycles. The van der Waals surface area contributed by atoms with Crippen LogP contribution in [0.3, 0.4) is 0 Å². The van der Waals surface area contributed by atoms with E-state index in [1.54, 1.807) is 67.3 Å². The van der Waals surface area contributed by atoms with Gasteiger partial charge in [0.05, 0.1) is 37.4 Å². The smallest absolute Gasteiger partial charge is 0.262 e. The van der Waals surface area contributed by atoms with Crippen molar-refractivity contribution in [2.24, 2.45) is 0 Å². The number of amides is 1. The normalized spacial score (nSPS) is 10.8. The first-order chi connectivity index (χ1) is 16.5. The van der Waals surface area contributed by atoms with Crippen LogP contribution < -0.4 is 20.3 Å². The van der Waals surface area contributed by atoms with Crippen LogP contribution in [0, 0.1) is 0 Å². The van der Waals surface area contributed by atoms with Gasteiger partial charge in [0.25, 0.3) is 5.56 Å². The number of carbonyl (C=O) groups is 1. The number of nitrogens with zero attached hydrogens (tertiary/aromatic N) is 2. The van der Waals surface area contributed by atoms with E-state index in [1.165, 1.54) is 11.8 Å². The maximum Gasteiger partial charge on any atom is 0.262 e. The van der Waals surface area contributed by atoms with Crippen molar-refractivity contribution in [1.29, 1.82) is 0 Å². The molecule has 0 aliphatic rings. The zero-order valence-corrected chi connectivity index (χ0v) is 20.2. The van der Waals surface area contributed by atoms with Crippen LogP contribution in [0.5, 0.6) is 11.5 Å². The molecule has 4 aromatic rings. The van der Waals surface area contributed by atoms with E-state index >= 15 is 0 Å². The molecule has 0 spiro atoms. The highest BCUT2D eigenvalue weighted by molar-refractivity contribution is 7.99. The number of ether oxygens (including phenoxy) is 2. The van der Waals surface area contributed by atoms with Gasteiger partial charge in [0.1, 0.15) is 11.5 Å². The summed E-state index contributed by atoms with van der Waals surface area (Å²) in [6.45, 7) is 0.286. The Morgan fingerprint density at radius 3 is 2.47 bits per heavy atom. The van der Waals surface area contributed by atoms with Crippen LogP contribution in [0.25, 0.3) is 10.9 Å². The fraction of sp³-hybridized carbons (Fsp3) is 0.160. The van der Waals surface area contributed by atoms with Gasteiger partial charge in [-0.05, 0) is 29.8 Å². The molecule has 9 heteroatoms. The number of aromatic nitrogens is 2. The van der Waals surface area contributed by atoms with Crippen LogP contribution in [-0.2, 0) is 11.3 Å². The highest BCUT2D eigenvalue weighted by Crippen LogP contribution is 2.26. The van der Waals surface area contributed by atoms with E-state index in [0.29, 0.717) is 38.3 Å². The lowest BCUT2D eigenvalue weighted by Gasteiger charge is -2.14. The molecule has 3 aromatic carbocycles. The molecule has 0 aliphatic carbocycles. The highest BCUT2D eigenvalue weighted by atomic mass is 35.5. The summed E-state index contributed by atoms with van der Waals surface area (Å²) in [6, 6.07) is 19.6. The number of thioether (sulfide) groups is 1. The zero-order chi connectivity index (χ0) is 24.1. The van der Waals surface area contributed by atoms with E-state index in [-0.39, 0.29) is 23.8 Å². The second kappa shape index (κ2) is 10.6. The van der Waals surface area contributed by atoms with Crippen molar-refractivity contribution in [3.63, 3.8) is 0 Å². The molecule has 0 atom stereocenters. The Hall–Kier alpha value is -3.49. The molecule has 34 heavy (non-hydrogen) atoms. The summed E-state index contributed by atoms with van der Waals surface area (Å²) in [7, 11) is 3.08. The molecule has 7 nitrogen and oxygen atoms in total. The topological polar surface area (TPSA) is 82.5 Å². The molecular weight excluding hydrogens is 474 g/mol. The molecule has 0 aliphatic heterocycles. The lowest BCUT2D eigenvalue weighted by Crippen LogP contribution is -2.25. The van der Waals surface area contributed by atoms with Gasteiger partial charge in [-0.1, -0.05) is 47.6 Å². The number of benzene rings is 3. The van der Waals surface area contributed by atoms with Crippen LogP contribution in [0.2, 0.25) is 5.02 Å². The first-order valence-corrected chi connectivity index (χ1v) is 11.7. The van der Waals surface area contributed by atoms with Gasteiger partial charge in [0.15, 0.2) is 5.16 Å². The van der Waals surface area contributed by atoms with Gasteiger partial charge in [-0.15, -0.1) is 0 Å². The molecule has 4 rings (SSSR count). The quantitative estimate of drug-likeness (QED) is 0.278. The van der Waals surface area contributed by atoms with Crippen LogP contribution in [0.1, 0.15) is 5.56 Å². The van der Waals surface area contributed by atoms with E-state index in [0.717, 1.165) is 5.56 Å². The molecule has 0 fully saturated rings. The Kier molecular flexibility index (Phi) is 7.40. The molecule has 1 N–H and O–H groups in total. The number of nitrogens with one attached hydrogen (secondary N) is 1. The van der Waals surface area contributed by atoms with Crippen molar-refractivity contribution in [3.8, 4) is 11.5 Å². The average molecular weight is 496 g/mol. The Morgan fingerprint density at radius 1 is 1.03 bits per heavy atom. The van der Waals surface area contributed by atoms with E-state index in [4.69, 9.17) is 21.1 Å². The number of fused-ring (bicyclic) bond motifs is 1. The fourth-order valence-electron chi connectivity index (χ4n) is 3.42. The monoisotopic (exact) mass is 495 g/mol. The summed E-state index contributed by atoms with van der Waals surface area (Å²) in [6.07, 6.45) is 0. The van der Waals surface area contributed by atoms with E-state index in [9.17, 15) is 9.59 Å². The number of methoxy groups -OCH3 is 2. The number of hydrogen-bond acceptors (Lipinski definition) is 6. The average Bonchev–Trinajstić information content (AvgIpc) is 2.84. The molecule has 174 valence electrons. The molecule has 0 radical (unpaired) electrons. The van der Waals surface area contributed by atoms with Crippen LogP contribution >= 0.6 is 23.4 Å². The van der Waals surface area contributed by atoms with Gasteiger partial charge < -0.3 is 14.8 Å². The van der Waals surface area contributed by atoms with E-state index in [1.807, 2.05) is 18.2 Å². The van der Waals surface area contributed by atoms with Gasteiger partial charge in [0.2, 0.25) is 5.91 Å². The lowest BCUT2D eigenvalue weighted by molar-refractivity contribution is -0.113. The fourth-order valence-corrected chi connectivity index (χ4v) is 4.43. The van der Waals surface area contributed by atoms with Crippen molar-refractivity contribution in [2.45, 2.75) is 11.7 Å². The van der Waals surface area contributed by atoms with Gasteiger partial charge in [0, 0.05) is 28.9 Å². The summed E-state index contributed by atoms with van der Waals surface area (Å²) in [5.41, 5.74) is 1.81. The third kappa shape index (κ3) is 5.52. The Morgan fingerprint density at radius 2 is 1.76 bits per heavy atom. The molecule has 0 bridgehead atoms. The second-order valence-electron chi connectivity index (χ2n) is 7.37. The first kappa shape index (κ1) is 23.7. The minimum absolute atomic E-state index is 0.0554.